The Morgan fingerprint density at radius 2 is 2.05 bits per heavy atom. The first-order valence-electron chi connectivity index (χ1n) is 7.26. The van der Waals surface area contributed by atoms with Crippen LogP contribution in [0.1, 0.15) is 32.5 Å². The molecule has 6 heteroatoms. The standard InChI is InChI=1S/C14H24N6/c1-5-7-15-13-11-9-16-20(4)14(11)18-12(17-13)10-19(3)8-6-2/h9H,5-8,10H2,1-4H3,(H,15,17,18). The van der Waals surface area contributed by atoms with Gasteiger partial charge in [-0.25, -0.2) is 9.97 Å². The maximum atomic E-state index is 4.66. The number of anilines is 1. The second kappa shape index (κ2) is 6.65. The van der Waals surface area contributed by atoms with E-state index in [1.165, 1.54) is 0 Å². The second-order valence-electron chi connectivity index (χ2n) is 5.16. The summed E-state index contributed by atoms with van der Waals surface area (Å²) in [5.74, 6) is 1.74. The Morgan fingerprint density at radius 1 is 1.25 bits per heavy atom. The Morgan fingerprint density at radius 3 is 2.75 bits per heavy atom. The predicted octanol–water partition coefficient (Wildman–Crippen LogP) is 2.03. The van der Waals surface area contributed by atoms with Crippen molar-refractivity contribution in [1.82, 2.24) is 24.6 Å². The molecule has 2 aromatic rings. The van der Waals surface area contributed by atoms with Crippen LogP contribution in [-0.2, 0) is 13.6 Å². The van der Waals surface area contributed by atoms with Crippen molar-refractivity contribution in [2.45, 2.75) is 33.2 Å². The van der Waals surface area contributed by atoms with Crippen LogP contribution in [-0.4, -0.2) is 44.8 Å². The number of hydrogen-bond donors (Lipinski definition) is 1. The highest BCUT2D eigenvalue weighted by atomic mass is 15.3. The van der Waals surface area contributed by atoms with E-state index in [2.05, 4.69) is 46.2 Å². The van der Waals surface area contributed by atoms with Crippen molar-refractivity contribution in [2.75, 3.05) is 25.5 Å². The van der Waals surface area contributed by atoms with Crippen LogP contribution in [0.15, 0.2) is 6.20 Å². The second-order valence-corrected chi connectivity index (χ2v) is 5.16. The lowest BCUT2D eigenvalue weighted by Gasteiger charge is -2.15. The fraction of sp³-hybridized carbons (Fsp3) is 0.643. The van der Waals surface area contributed by atoms with Crippen molar-refractivity contribution in [1.29, 1.82) is 0 Å². The van der Waals surface area contributed by atoms with Gasteiger partial charge in [-0.15, -0.1) is 0 Å². The van der Waals surface area contributed by atoms with E-state index < -0.39 is 0 Å². The van der Waals surface area contributed by atoms with Gasteiger partial charge in [0.2, 0.25) is 0 Å². The molecule has 0 amide bonds. The van der Waals surface area contributed by atoms with E-state index in [0.717, 1.165) is 55.2 Å². The Kier molecular flexibility index (Phi) is 4.89. The van der Waals surface area contributed by atoms with Crippen molar-refractivity contribution in [3.05, 3.63) is 12.0 Å². The van der Waals surface area contributed by atoms with Gasteiger partial charge in [-0.3, -0.25) is 9.58 Å². The Hall–Kier alpha value is -1.69. The van der Waals surface area contributed by atoms with Crippen molar-refractivity contribution in [2.24, 2.45) is 7.05 Å². The van der Waals surface area contributed by atoms with Gasteiger partial charge in [-0.05, 0) is 26.4 Å². The number of aromatic nitrogens is 4. The van der Waals surface area contributed by atoms with Gasteiger partial charge in [0.05, 0.1) is 18.1 Å². The molecule has 0 aliphatic carbocycles. The fourth-order valence-electron chi connectivity index (χ4n) is 2.22. The molecular weight excluding hydrogens is 252 g/mol. The van der Waals surface area contributed by atoms with Crippen LogP contribution in [0.3, 0.4) is 0 Å². The van der Waals surface area contributed by atoms with E-state index in [0.29, 0.717) is 0 Å². The molecule has 2 heterocycles. The van der Waals surface area contributed by atoms with Gasteiger partial charge in [0.25, 0.3) is 0 Å². The Labute approximate surface area is 120 Å². The molecule has 0 spiro atoms. The van der Waals surface area contributed by atoms with Gasteiger partial charge in [0.1, 0.15) is 11.6 Å². The maximum Gasteiger partial charge on any atom is 0.163 e. The molecule has 2 rings (SSSR count). The fourth-order valence-corrected chi connectivity index (χ4v) is 2.22. The summed E-state index contributed by atoms with van der Waals surface area (Å²) in [6.07, 6.45) is 4.02. The zero-order valence-electron chi connectivity index (χ0n) is 12.8. The summed E-state index contributed by atoms with van der Waals surface area (Å²) in [5.41, 5.74) is 0.888. The molecule has 110 valence electrons. The largest absolute Gasteiger partial charge is 0.369 e. The molecule has 0 saturated heterocycles. The average molecular weight is 276 g/mol. The van der Waals surface area contributed by atoms with E-state index >= 15 is 0 Å². The summed E-state index contributed by atoms with van der Waals surface area (Å²) >= 11 is 0. The highest BCUT2D eigenvalue weighted by Crippen LogP contribution is 2.20. The molecule has 0 saturated carbocycles. The van der Waals surface area contributed by atoms with Crippen LogP contribution < -0.4 is 5.32 Å². The molecule has 1 N–H and O–H groups in total. The van der Waals surface area contributed by atoms with Crippen LogP contribution in [0.2, 0.25) is 0 Å². The van der Waals surface area contributed by atoms with Crippen LogP contribution in [0, 0.1) is 0 Å². The first kappa shape index (κ1) is 14.7. The predicted molar refractivity (Wildman–Crippen MR) is 81.7 cm³/mol. The Balaban J connectivity index is 2.32. The molecule has 0 fully saturated rings. The van der Waals surface area contributed by atoms with Crippen LogP contribution in [0.4, 0.5) is 5.82 Å². The smallest absolute Gasteiger partial charge is 0.163 e. The summed E-state index contributed by atoms with van der Waals surface area (Å²) in [6.45, 7) is 7.03. The van der Waals surface area contributed by atoms with Gasteiger partial charge in [-0.1, -0.05) is 13.8 Å². The molecular formula is C14H24N6. The van der Waals surface area contributed by atoms with E-state index in [1.807, 2.05) is 13.2 Å². The van der Waals surface area contributed by atoms with Crippen LogP contribution >= 0.6 is 0 Å². The third kappa shape index (κ3) is 3.25. The van der Waals surface area contributed by atoms with Crippen molar-refractivity contribution in [3.63, 3.8) is 0 Å². The lowest BCUT2D eigenvalue weighted by molar-refractivity contribution is 0.319. The molecule has 20 heavy (non-hydrogen) atoms. The van der Waals surface area contributed by atoms with Crippen LogP contribution in [0.25, 0.3) is 11.0 Å². The maximum absolute atomic E-state index is 4.66. The average Bonchev–Trinajstić information content (AvgIpc) is 2.78. The summed E-state index contributed by atoms with van der Waals surface area (Å²) in [6, 6.07) is 0. The first-order valence-corrected chi connectivity index (χ1v) is 7.26. The summed E-state index contributed by atoms with van der Waals surface area (Å²) in [5, 5.41) is 8.64. The molecule has 0 atom stereocenters. The van der Waals surface area contributed by atoms with E-state index in [-0.39, 0.29) is 0 Å². The molecule has 0 unspecified atom stereocenters. The van der Waals surface area contributed by atoms with E-state index in [4.69, 9.17) is 0 Å². The van der Waals surface area contributed by atoms with Crippen molar-refractivity contribution >= 4 is 16.9 Å². The number of hydrogen-bond acceptors (Lipinski definition) is 5. The zero-order chi connectivity index (χ0) is 14.5. The minimum atomic E-state index is 0.760. The lowest BCUT2D eigenvalue weighted by atomic mass is 10.3. The molecule has 0 bridgehead atoms. The molecule has 0 aliphatic rings. The topological polar surface area (TPSA) is 58.9 Å². The number of rotatable bonds is 7. The van der Waals surface area contributed by atoms with Gasteiger partial charge < -0.3 is 5.32 Å². The number of nitrogens with one attached hydrogen (secondary N) is 1. The van der Waals surface area contributed by atoms with E-state index in [1.54, 1.807) is 4.68 Å². The highest BCUT2D eigenvalue weighted by Gasteiger charge is 2.12. The van der Waals surface area contributed by atoms with Gasteiger partial charge in [-0.2, -0.15) is 5.10 Å². The molecule has 0 radical (unpaired) electrons. The lowest BCUT2D eigenvalue weighted by Crippen LogP contribution is -2.20. The van der Waals surface area contributed by atoms with Crippen molar-refractivity contribution in [3.8, 4) is 0 Å². The first-order chi connectivity index (χ1) is 9.65. The summed E-state index contributed by atoms with van der Waals surface area (Å²) < 4.78 is 1.80. The Bertz CT molecular complexity index is 562. The van der Waals surface area contributed by atoms with Crippen LogP contribution in [0.5, 0.6) is 0 Å². The van der Waals surface area contributed by atoms with Gasteiger partial charge in [0.15, 0.2) is 5.65 Å². The van der Waals surface area contributed by atoms with Gasteiger partial charge in [0, 0.05) is 13.6 Å². The third-order valence-electron chi connectivity index (χ3n) is 3.20. The monoisotopic (exact) mass is 276 g/mol. The minimum absolute atomic E-state index is 0.760. The third-order valence-corrected chi connectivity index (χ3v) is 3.20. The van der Waals surface area contributed by atoms with E-state index in [9.17, 15) is 0 Å². The number of nitrogens with zero attached hydrogens (tertiary/aromatic N) is 5. The molecule has 6 nitrogen and oxygen atoms in total. The normalized spacial score (nSPS) is 11.4. The zero-order valence-corrected chi connectivity index (χ0v) is 12.8. The summed E-state index contributed by atoms with van der Waals surface area (Å²) in [4.78, 5) is 11.5. The summed E-state index contributed by atoms with van der Waals surface area (Å²) in [7, 11) is 4.01. The highest BCUT2D eigenvalue weighted by molar-refractivity contribution is 5.86. The quantitative estimate of drug-likeness (QED) is 0.838. The minimum Gasteiger partial charge on any atom is -0.369 e. The van der Waals surface area contributed by atoms with Crippen molar-refractivity contribution < 1.29 is 0 Å². The number of aryl methyl sites for hydroxylation is 1. The SMILES string of the molecule is CCCNc1nc(CN(C)CCC)nc2c1cnn2C. The van der Waals surface area contributed by atoms with Gasteiger partial charge >= 0.3 is 0 Å². The molecule has 0 aromatic carbocycles. The number of fused-ring (bicyclic) bond motifs is 1. The molecule has 2 aromatic heterocycles. The molecule has 0 aliphatic heterocycles.